The van der Waals surface area contributed by atoms with Crippen LogP contribution in [-0.2, 0) is 4.74 Å². The molecule has 0 bridgehead atoms. The van der Waals surface area contributed by atoms with Crippen molar-refractivity contribution in [2.75, 3.05) is 0 Å². The minimum atomic E-state index is 0.328. The quantitative estimate of drug-likeness (QED) is 0.489. The Morgan fingerprint density at radius 2 is 2.33 bits per heavy atom. The van der Waals surface area contributed by atoms with Gasteiger partial charge in [0.2, 0.25) is 0 Å². The first-order valence-electron chi connectivity index (χ1n) is 3.61. The van der Waals surface area contributed by atoms with Gasteiger partial charge in [-0.2, -0.15) is 0 Å². The van der Waals surface area contributed by atoms with Gasteiger partial charge >= 0.3 is 0 Å². The van der Waals surface area contributed by atoms with E-state index in [4.69, 9.17) is 4.74 Å². The second-order valence-corrected chi connectivity index (χ2v) is 2.65. The molecule has 0 radical (unpaired) electrons. The maximum absolute atomic E-state index is 5.52. The van der Waals surface area contributed by atoms with Gasteiger partial charge in [0, 0.05) is 0 Å². The van der Waals surface area contributed by atoms with Crippen LogP contribution < -0.4 is 0 Å². The third-order valence-electron chi connectivity index (χ3n) is 1.77. The van der Waals surface area contributed by atoms with Crippen molar-refractivity contribution in [3.8, 4) is 0 Å². The summed E-state index contributed by atoms with van der Waals surface area (Å²) in [5, 5.41) is 0. The molecule has 0 amide bonds. The fourth-order valence-electron chi connectivity index (χ4n) is 1.21. The van der Waals surface area contributed by atoms with Gasteiger partial charge in [0.15, 0.2) is 0 Å². The first-order valence-corrected chi connectivity index (χ1v) is 3.61. The highest BCUT2D eigenvalue weighted by Gasteiger charge is 2.15. The van der Waals surface area contributed by atoms with E-state index >= 15 is 0 Å². The molecule has 0 aromatic heterocycles. The van der Waals surface area contributed by atoms with Gasteiger partial charge in [-0.05, 0) is 26.2 Å². The number of ether oxygens (including phenoxy) is 1. The van der Waals surface area contributed by atoms with E-state index in [0.29, 0.717) is 12.2 Å². The van der Waals surface area contributed by atoms with E-state index in [1.807, 2.05) is 6.08 Å². The summed E-state index contributed by atoms with van der Waals surface area (Å²) in [7, 11) is 0. The van der Waals surface area contributed by atoms with E-state index in [1.165, 1.54) is 12.8 Å². The zero-order valence-corrected chi connectivity index (χ0v) is 5.97. The minimum absolute atomic E-state index is 0.328. The molecule has 1 fully saturated rings. The van der Waals surface area contributed by atoms with Crippen LogP contribution in [0.2, 0.25) is 0 Å². The van der Waals surface area contributed by atoms with Crippen LogP contribution in [0, 0.1) is 0 Å². The predicted octanol–water partition coefficient (Wildman–Crippen LogP) is 2.13. The molecule has 0 saturated carbocycles. The third kappa shape index (κ3) is 1.83. The van der Waals surface area contributed by atoms with Crippen LogP contribution in [0.3, 0.4) is 0 Å². The van der Waals surface area contributed by atoms with Crippen molar-refractivity contribution in [1.29, 1.82) is 0 Å². The van der Waals surface area contributed by atoms with Gasteiger partial charge in [0.05, 0.1) is 12.2 Å². The van der Waals surface area contributed by atoms with Crippen LogP contribution in [0.25, 0.3) is 0 Å². The Morgan fingerprint density at radius 1 is 1.56 bits per heavy atom. The van der Waals surface area contributed by atoms with Crippen molar-refractivity contribution >= 4 is 0 Å². The molecule has 0 N–H and O–H groups in total. The molecule has 1 aliphatic heterocycles. The first kappa shape index (κ1) is 6.81. The number of rotatable bonds is 1. The molecule has 0 aliphatic carbocycles. The normalized spacial score (nSPS) is 36.1. The van der Waals surface area contributed by atoms with Gasteiger partial charge in [-0.25, -0.2) is 0 Å². The Morgan fingerprint density at radius 3 is 2.78 bits per heavy atom. The highest BCUT2D eigenvalue weighted by molar-refractivity contribution is 4.83. The molecular formula is C8H14O. The lowest BCUT2D eigenvalue weighted by molar-refractivity contribution is -0.0139. The van der Waals surface area contributed by atoms with Crippen molar-refractivity contribution in [3.05, 3.63) is 12.7 Å². The van der Waals surface area contributed by atoms with E-state index in [9.17, 15) is 0 Å². The topological polar surface area (TPSA) is 9.23 Å². The van der Waals surface area contributed by atoms with E-state index in [-0.39, 0.29) is 0 Å². The molecule has 1 heterocycles. The summed E-state index contributed by atoms with van der Waals surface area (Å²) in [6.07, 6.45) is 6.33. The van der Waals surface area contributed by atoms with Crippen LogP contribution in [0.5, 0.6) is 0 Å². The Labute approximate surface area is 56.7 Å². The number of hydrogen-bond acceptors (Lipinski definition) is 1. The summed E-state index contributed by atoms with van der Waals surface area (Å²) in [6, 6.07) is 0. The molecule has 1 rings (SSSR count). The van der Waals surface area contributed by atoms with Gasteiger partial charge in [-0.15, -0.1) is 6.58 Å². The molecule has 0 spiro atoms. The Balaban J connectivity index is 2.31. The summed E-state index contributed by atoms with van der Waals surface area (Å²) in [5.74, 6) is 0. The van der Waals surface area contributed by atoms with Crippen molar-refractivity contribution in [2.45, 2.75) is 38.4 Å². The highest BCUT2D eigenvalue weighted by Crippen LogP contribution is 2.18. The monoisotopic (exact) mass is 126 g/mol. The Hall–Kier alpha value is -0.300. The molecule has 0 aromatic rings. The van der Waals surface area contributed by atoms with Gasteiger partial charge < -0.3 is 4.74 Å². The van der Waals surface area contributed by atoms with E-state index in [2.05, 4.69) is 13.5 Å². The molecule has 1 nitrogen and oxygen atoms in total. The fraction of sp³-hybridized carbons (Fsp3) is 0.750. The molecule has 2 atom stereocenters. The highest BCUT2D eigenvalue weighted by atomic mass is 16.5. The van der Waals surface area contributed by atoms with E-state index in [1.54, 1.807) is 0 Å². The summed E-state index contributed by atoms with van der Waals surface area (Å²) in [5.41, 5.74) is 0. The smallest absolute Gasteiger partial charge is 0.0756 e. The van der Waals surface area contributed by atoms with Crippen LogP contribution in [-0.4, -0.2) is 12.2 Å². The van der Waals surface area contributed by atoms with Crippen LogP contribution in [0.1, 0.15) is 26.2 Å². The third-order valence-corrected chi connectivity index (χ3v) is 1.77. The van der Waals surface area contributed by atoms with Crippen molar-refractivity contribution in [1.82, 2.24) is 0 Å². The lowest BCUT2D eigenvalue weighted by atomic mass is 10.1. The fourth-order valence-corrected chi connectivity index (χ4v) is 1.21. The minimum Gasteiger partial charge on any atom is -0.371 e. The number of hydrogen-bond donors (Lipinski definition) is 0. The Kier molecular flexibility index (Phi) is 2.29. The molecule has 52 valence electrons. The average Bonchev–Trinajstić information content (AvgIpc) is 1.88. The zero-order chi connectivity index (χ0) is 6.69. The molecule has 0 aromatic carbocycles. The lowest BCUT2D eigenvalue weighted by Gasteiger charge is -2.25. The second-order valence-electron chi connectivity index (χ2n) is 2.65. The maximum Gasteiger partial charge on any atom is 0.0756 e. The van der Waals surface area contributed by atoms with Crippen molar-refractivity contribution < 1.29 is 4.74 Å². The summed E-state index contributed by atoms with van der Waals surface area (Å²) in [4.78, 5) is 0. The largest absolute Gasteiger partial charge is 0.371 e. The average molecular weight is 126 g/mol. The zero-order valence-electron chi connectivity index (χ0n) is 5.97. The molecule has 1 aliphatic rings. The molecule has 1 heteroatoms. The van der Waals surface area contributed by atoms with Crippen LogP contribution >= 0.6 is 0 Å². The van der Waals surface area contributed by atoms with Crippen LogP contribution in [0.4, 0.5) is 0 Å². The van der Waals surface area contributed by atoms with Crippen molar-refractivity contribution in [2.24, 2.45) is 0 Å². The molecular weight excluding hydrogens is 112 g/mol. The van der Waals surface area contributed by atoms with Crippen molar-refractivity contribution in [3.63, 3.8) is 0 Å². The molecule has 9 heavy (non-hydrogen) atoms. The summed E-state index contributed by atoms with van der Waals surface area (Å²) >= 11 is 0. The van der Waals surface area contributed by atoms with Gasteiger partial charge in [0.1, 0.15) is 0 Å². The molecule has 1 saturated heterocycles. The van der Waals surface area contributed by atoms with E-state index < -0.39 is 0 Å². The maximum atomic E-state index is 5.52. The standard InChI is InChI=1S/C8H14O/c1-3-8-6-4-5-7(2)9-8/h3,7-8H,1,4-6H2,2H3/t7-,8+/m1/s1. The van der Waals surface area contributed by atoms with Gasteiger partial charge in [-0.1, -0.05) is 6.08 Å². The molecule has 0 unspecified atom stereocenters. The van der Waals surface area contributed by atoms with E-state index in [0.717, 1.165) is 6.42 Å². The predicted molar refractivity (Wildman–Crippen MR) is 38.4 cm³/mol. The summed E-state index contributed by atoms with van der Waals surface area (Å²) < 4.78 is 5.52. The SMILES string of the molecule is C=C[C@H]1CCC[C@@H](C)O1. The second kappa shape index (κ2) is 3.02. The van der Waals surface area contributed by atoms with Gasteiger partial charge in [-0.3, -0.25) is 0 Å². The van der Waals surface area contributed by atoms with Gasteiger partial charge in [0.25, 0.3) is 0 Å². The lowest BCUT2D eigenvalue weighted by Crippen LogP contribution is -2.23. The summed E-state index contributed by atoms with van der Waals surface area (Å²) in [6.45, 7) is 5.81. The Bertz CT molecular complexity index is 98.7. The van der Waals surface area contributed by atoms with Crippen LogP contribution in [0.15, 0.2) is 12.7 Å². The first-order chi connectivity index (χ1) is 4.33.